The van der Waals surface area contributed by atoms with E-state index >= 15 is 0 Å². The molecule has 4 nitrogen and oxygen atoms in total. The Morgan fingerprint density at radius 1 is 1.25 bits per heavy atom. The Kier molecular flexibility index (Phi) is 4.75. The van der Waals surface area contributed by atoms with Crippen molar-refractivity contribution < 1.29 is 19.4 Å². The second-order valence-corrected chi connectivity index (χ2v) is 6.91. The average molecular weight is 284 g/mol. The van der Waals surface area contributed by atoms with Gasteiger partial charge in [-0.15, -0.1) is 0 Å². The monoisotopic (exact) mass is 284 g/mol. The molecule has 0 bridgehead atoms. The molecule has 2 rings (SSSR count). The zero-order valence-corrected chi connectivity index (χ0v) is 13.1. The number of carbonyl (C=O) groups is 1. The van der Waals surface area contributed by atoms with Crippen molar-refractivity contribution in [3.8, 4) is 0 Å². The summed E-state index contributed by atoms with van der Waals surface area (Å²) < 4.78 is 12.4. The Hall–Kier alpha value is -0.610. The molecular formula is C16H28O4. The minimum Gasteiger partial charge on any atom is -0.481 e. The van der Waals surface area contributed by atoms with Crippen LogP contribution in [0.25, 0.3) is 0 Å². The minimum absolute atomic E-state index is 0.100. The van der Waals surface area contributed by atoms with E-state index in [1.54, 1.807) is 0 Å². The van der Waals surface area contributed by atoms with Crippen LogP contribution in [0.4, 0.5) is 0 Å². The quantitative estimate of drug-likeness (QED) is 0.859. The maximum absolute atomic E-state index is 10.9. The summed E-state index contributed by atoms with van der Waals surface area (Å²) in [7, 11) is 0. The summed E-state index contributed by atoms with van der Waals surface area (Å²) in [5, 5.41) is 8.97. The maximum atomic E-state index is 10.9. The predicted octanol–water partition coefficient (Wildman–Crippen LogP) is 3.44. The molecule has 0 radical (unpaired) electrons. The molecule has 4 heteroatoms. The summed E-state index contributed by atoms with van der Waals surface area (Å²) in [6.45, 7) is 8.43. The molecule has 2 heterocycles. The van der Waals surface area contributed by atoms with Crippen molar-refractivity contribution in [2.45, 2.75) is 77.8 Å². The lowest BCUT2D eigenvalue weighted by atomic mass is 9.78. The van der Waals surface area contributed by atoms with Gasteiger partial charge in [-0.1, -0.05) is 20.8 Å². The van der Waals surface area contributed by atoms with Crippen molar-refractivity contribution in [3.63, 3.8) is 0 Å². The van der Waals surface area contributed by atoms with Gasteiger partial charge in [0.2, 0.25) is 0 Å². The summed E-state index contributed by atoms with van der Waals surface area (Å²) >= 11 is 0. The van der Waals surface area contributed by atoms with E-state index in [1.807, 2.05) is 6.92 Å². The van der Waals surface area contributed by atoms with Crippen LogP contribution in [0.2, 0.25) is 0 Å². The highest BCUT2D eigenvalue weighted by Gasteiger charge is 2.47. The third-order valence-corrected chi connectivity index (χ3v) is 5.15. The van der Waals surface area contributed by atoms with E-state index in [4.69, 9.17) is 14.6 Å². The third-order valence-electron chi connectivity index (χ3n) is 5.15. The highest BCUT2D eigenvalue weighted by Crippen LogP contribution is 2.44. The molecule has 2 aliphatic rings. The van der Waals surface area contributed by atoms with Gasteiger partial charge >= 0.3 is 5.97 Å². The minimum atomic E-state index is -0.728. The number of ether oxygens (including phenoxy) is 2. The summed E-state index contributed by atoms with van der Waals surface area (Å²) in [5.74, 6) is -0.306. The van der Waals surface area contributed by atoms with Crippen LogP contribution in [-0.2, 0) is 14.3 Å². The van der Waals surface area contributed by atoms with Gasteiger partial charge in [-0.2, -0.15) is 0 Å². The fourth-order valence-electron chi connectivity index (χ4n) is 3.62. The van der Waals surface area contributed by atoms with Gasteiger partial charge in [-0.3, -0.25) is 4.79 Å². The number of carboxylic acids is 1. The van der Waals surface area contributed by atoms with Crippen LogP contribution < -0.4 is 0 Å². The molecule has 0 saturated carbocycles. The van der Waals surface area contributed by atoms with E-state index < -0.39 is 11.8 Å². The molecule has 6 atom stereocenters. The third kappa shape index (κ3) is 3.34. The van der Waals surface area contributed by atoms with Crippen molar-refractivity contribution in [2.24, 2.45) is 17.8 Å². The predicted molar refractivity (Wildman–Crippen MR) is 76.4 cm³/mol. The second kappa shape index (κ2) is 6.02. The largest absolute Gasteiger partial charge is 0.481 e. The van der Waals surface area contributed by atoms with Gasteiger partial charge in [0, 0.05) is 19.3 Å². The fraction of sp³-hybridized carbons (Fsp3) is 0.938. The lowest BCUT2D eigenvalue weighted by Gasteiger charge is -2.45. The Labute approximate surface area is 121 Å². The molecule has 0 aliphatic carbocycles. The normalized spacial score (nSPS) is 40.7. The molecule has 2 saturated heterocycles. The lowest BCUT2D eigenvalue weighted by molar-refractivity contribution is -0.290. The summed E-state index contributed by atoms with van der Waals surface area (Å²) in [6.07, 6.45) is 4.67. The van der Waals surface area contributed by atoms with Crippen molar-refractivity contribution in [2.75, 3.05) is 0 Å². The van der Waals surface area contributed by atoms with E-state index in [0.717, 1.165) is 25.7 Å². The van der Waals surface area contributed by atoms with E-state index in [-0.39, 0.29) is 30.5 Å². The van der Waals surface area contributed by atoms with Gasteiger partial charge in [0.25, 0.3) is 0 Å². The van der Waals surface area contributed by atoms with E-state index in [1.165, 1.54) is 0 Å². The first kappa shape index (κ1) is 15.8. The molecule has 6 unspecified atom stereocenters. The summed E-state index contributed by atoms with van der Waals surface area (Å²) in [5.41, 5.74) is 0. The number of aliphatic carboxylic acids is 1. The molecule has 0 amide bonds. The molecule has 20 heavy (non-hydrogen) atoms. The van der Waals surface area contributed by atoms with Crippen molar-refractivity contribution >= 4 is 5.97 Å². The zero-order chi connectivity index (χ0) is 14.9. The van der Waals surface area contributed by atoms with Crippen LogP contribution >= 0.6 is 0 Å². The number of carboxylic acid groups (broad SMARTS) is 1. The number of rotatable bonds is 4. The van der Waals surface area contributed by atoms with Crippen LogP contribution in [0.1, 0.15) is 59.8 Å². The molecular weight excluding hydrogens is 256 g/mol. The molecule has 0 aromatic heterocycles. The summed E-state index contributed by atoms with van der Waals surface area (Å²) in [6, 6.07) is 0. The van der Waals surface area contributed by atoms with Gasteiger partial charge in [-0.25, -0.2) is 0 Å². The molecule has 116 valence electrons. The number of hydrogen-bond acceptors (Lipinski definition) is 3. The fourth-order valence-corrected chi connectivity index (χ4v) is 3.62. The molecule has 1 N–H and O–H groups in total. The lowest BCUT2D eigenvalue weighted by Crippen LogP contribution is -2.48. The maximum Gasteiger partial charge on any atom is 0.303 e. The van der Waals surface area contributed by atoms with Crippen molar-refractivity contribution in [1.29, 1.82) is 0 Å². The first-order valence-electron chi connectivity index (χ1n) is 7.90. The Morgan fingerprint density at radius 2 is 1.90 bits per heavy atom. The van der Waals surface area contributed by atoms with Gasteiger partial charge in [0.1, 0.15) is 0 Å². The molecule has 0 aromatic rings. The SMILES string of the molecule is CC1CCC2(CCC(C)C(C(C)C(C)CC(=O)O)O2)O1. The van der Waals surface area contributed by atoms with Gasteiger partial charge in [-0.05, 0) is 37.5 Å². The van der Waals surface area contributed by atoms with Crippen LogP contribution in [0.3, 0.4) is 0 Å². The Balaban J connectivity index is 2.03. The highest BCUT2D eigenvalue weighted by atomic mass is 16.7. The first-order valence-corrected chi connectivity index (χ1v) is 7.90. The zero-order valence-electron chi connectivity index (χ0n) is 13.1. The highest BCUT2D eigenvalue weighted by molar-refractivity contribution is 5.67. The van der Waals surface area contributed by atoms with Crippen LogP contribution in [0.5, 0.6) is 0 Å². The summed E-state index contributed by atoms with van der Waals surface area (Å²) in [4.78, 5) is 10.9. The van der Waals surface area contributed by atoms with Crippen LogP contribution in [-0.4, -0.2) is 29.1 Å². The Morgan fingerprint density at radius 3 is 2.45 bits per heavy atom. The molecule has 2 aliphatic heterocycles. The smallest absolute Gasteiger partial charge is 0.303 e. The molecule has 1 spiro atoms. The van der Waals surface area contributed by atoms with E-state index in [0.29, 0.717) is 5.92 Å². The van der Waals surface area contributed by atoms with Gasteiger partial charge in [0.05, 0.1) is 12.2 Å². The van der Waals surface area contributed by atoms with Crippen molar-refractivity contribution in [1.82, 2.24) is 0 Å². The molecule has 0 aromatic carbocycles. The van der Waals surface area contributed by atoms with Crippen LogP contribution in [0, 0.1) is 17.8 Å². The number of hydrogen-bond donors (Lipinski definition) is 1. The standard InChI is InChI=1S/C16H28O4/c1-10-5-7-16(8-6-12(3)19-16)20-15(10)13(4)11(2)9-14(17)18/h10-13,15H,5-9H2,1-4H3,(H,17,18). The van der Waals surface area contributed by atoms with Gasteiger partial charge < -0.3 is 14.6 Å². The van der Waals surface area contributed by atoms with E-state index in [2.05, 4.69) is 20.8 Å². The first-order chi connectivity index (χ1) is 9.33. The molecule has 2 fully saturated rings. The van der Waals surface area contributed by atoms with E-state index in [9.17, 15) is 4.79 Å². The second-order valence-electron chi connectivity index (χ2n) is 6.91. The Bertz CT molecular complexity index is 356. The van der Waals surface area contributed by atoms with Crippen LogP contribution in [0.15, 0.2) is 0 Å². The topological polar surface area (TPSA) is 55.8 Å². The van der Waals surface area contributed by atoms with Gasteiger partial charge in [0.15, 0.2) is 5.79 Å². The average Bonchev–Trinajstić information content (AvgIpc) is 2.72. The van der Waals surface area contributed by atoms with Crippen molar-refractivity contribution in [3.05, 3.63) is 0 Å².